The van der Waals surface area contributed by atoms with E-state index in [-0.39, 0.29) is 98.1 Å². The molecule has 0 atom stereocenters. The van der Waals surface area contributed by atoms with Crippen LogP contribution in [0.15, 0.2) is 0 Å². The van der Waals surface area contributed by atoms with E-state index in [0.29, 0.717) is 32.5 Å². The van der Waals surface area contributed by atoms with Gasteiger partial charge in [-0.05, 0) is 16.2 Å². The molecule has 0 amide bonds. The Labute approximate surface area is 353 Å². The Hall–Kier alpha value is 3.31. The van der Waals surface area contributed by atoms with Crippen molar-refractivity contribution in [1.29, 1.82) is 0 Å². The van der Waals surface area contributed by atoms with E-state index < -0.39 is 0 Å². The largest absolute Gasteiger partial charge is 0.345 e. The van der Waals surface area contributed by atoms with Crippen LogP contribution in [0.5, 0.6) is 0 Å². The summed E-state index contributed by atoms with van der Waals surface area (Å²) < 4.78 is 0. The second kappa shape index (κ2) is 29.1. The third-order valence-corrected chi connectivity index (χ3v) is 7.04. The second-order valence-corrected chi connectivity index (χ2v) is 18.1. The second-order valence-electron chi connectivity index (χ2n) is 18.1. The van der Waals surface area contributed by atoms with Crippen molar-refractivity contribution >= 4 is 0 Å². The smallest absolute Gasteiger partial charge is 0 e. The Kier molecular flexibility index (Phi) is 39.6. The van der Waals surface area contributed by atoms with Crippen molar-refractivity contribution in [2.75, 3.05) is 0 Å². The Balaban J connectivity index is -0.0000000960. The van der Waals surface area contributed by atoms with Gasteiger partial charge in [-0.25, -0.2) is 6.42 Å². The molecule has 0 nitrogen and oxygen atoms in total. The van der Waals surface area contributed by atoms with Crippen molar-refractivity contribution in [1.82, 2.24) is 0 Å². The van der Waals surface area contributed by atoms with Gasteiger partial charge in [0.15, 0.2) is 0 Å². The van der Waals surface area contributed by atoms with Gasteiger partial charge in [0.2, 0.25) is 0 Å². The molecule has 0 aromatic carbocycles. The molecule has 255 valence electrons. The Morgan fingerprint density at radius 1 is 0.419 bits per heavy atom. The van der Waals surface area contributed by atoms with Crippen molar-refractivity contribution in [3.05, 3.63) is 41.5 Å². The molecule has 0 aliphatic heterocycles. The first-order valence-electron chi connectivity index (χ1n) is 16.7. The summed E-state index contributed by atoms with van der Waals surface area (Å²) in [4.78, 5) is 0. The summed E-state index contributed by atoms with van der Waals surface area (Å²) in [5.41, 5.74) is 2.89. The van der Waals surface area contributed by atoms with E-state index in [1.165, 1.54) is 77.0 Å². The number of hydrogen-bond donors (Lipinski definition) is 0. The molecule has 0 N–H and O–H groups in total. The molecule has 3 heteroatoms. The molecule has 43 heavy (non-hydrogen) atoms. The maximum atomic E-state index is 4.12. The van der Waals surface area contributed by atoms with Crippen LogP contribution in [0.25, 0.3) is 0 Å². The van der Waals surface area contributed by atoms with Gasteiger partial charge < -0.3 is 41.5 Å². The number of hydrogen-bond acceptors (Lipinski definition) is 0. The molecule has 3 aliphatic carbocycles. The van der Waals surface area contributed by atoms with Gasteiger partial charge in [-0.2, -0.15) is 30.1 Å². The van der Waals surface area contributed by atoms with E-state index in [1.807, 2.05) is 0 Å². The molecule has 0 saturated heterocycles. The zero-order valence-corrected chi connectivity index (χ0v) is 40.8. The Morgan fingerprint density at radius 3 is 0.791 bits per heavy atom. The maximum absolute atomic E-state index is 4.12. The Bertz CT molecular complexity index is 505. The van der Waals surface area contributed by atoms with Crippen LogP contribution in [0.4, 0.5) is 0 Å². The normalized spacial score (nSPS) is 18.8. The van der Waals surface area contributed by atoms with Gasteiger partial charge in [-0.3, -0.25) is 0 Å². The van der Waals surface area contributed by atoms with Crippen molar-refractivity contribution in [2.24, 2.45) is 32.5 Å². The van der Waals surface area contributed by atoms with E-state index in [9.17, 15) is 0 Å². The van der Waals surface area contributed by atoms with E-state index in [2.05, 4.69) is 125 Å². The molecule has 0 unspecified atom stereocenters. The monoisotopic (exact) mass is 827 g/mol. The van der Waals surface area contributed by atoms with Crippen molar-refractivity contribution in [3.63, 3.8) is 0 Å². The molecule has 0 aromatic rings. The van der Waals surface area contributed by atoms with Crippen LogP contribution >= 0.6 is 0 Å². The van der Waals surface area contributed by atoms with Crippen molar-refractivity contribution in [2.45, 2.75) is 186 Å². The zero-order valence-electron chi connectivity index (χ0n) is 32.3. The van der Waals surface area contributed by atoms with Crippen LogP contribution in [-0.2, 0) is 98.1 Å². The fourth-order valence-corrected chi connectivity index (χ4v) is 4.43. The molecule has 3 fully saturated rings. The first-order chi connectivity index (χ1) is 17.9. The van der Waals surface area contributed by atoms with Crippen LogP contribution < -0.4 is 0 Å². The topological polar surface area (TPSA) is 0 Å². The van der Waals surface area contributed by atoms with E-state index in [0.717, 1.165) is 25.7 Å². The van der Waals surface area contributed by atoms with Gasteiger partial charge in [0, 0.05) is 98.1 Å². The molecule has 0 bridgehead atoms. The average molecular weight is 828 g/mol. The van der Waals surface area contributed by atoms with Gasteiger partial charge in [0.1, 0.15) is 0 Å². The molecule has 3 saturated carbocycles. The standard InChI is InChI=1S/C9H16.2C8H14.3C5H12.3Y/c1-3-9(4-2)7-5-6-8-9;1-3-8(2)6-4-5-7-8;1-3-5-8(2)6-4-7-8;3*1-5(2,3)4;;;/h1-8H2;2*1-7H2;3*1-4H3;;;/q3*-2;;;;;;. The van der Waals surface area contributed by atoms with Crippen molar-refractivity contribution < 1.29 is 98.1 Å². The predicted molar refractivity (Wildman–Crippen MR) is 189 cm³/mol. The maximum Gasteiger partial charge on any atom is 0 e. The van der Waals surface area contributed by atoms with Gasteiger partial charge in [-0.15, -0.1) is 6.42 Å². The first kappa shape index (κ1) is 58.5. The van der Waals surface area contributed by atoms with Crippen LogP contribution in [0, 0.1) is 74.0 Å². The molecule has 0 heterocycles. The fourth-order valence-electron chi connectivity index (χ4n) is 4.43. The summed E-state index contributed by atoms with van der Waals surface area (Å²) in [5.74, 6) is 0. The van der Waals surface area contributed by atoms with Gasteiger partial charge >= 0.3 is 0 Å². The predicted octanol–water partition coefficient (Wildman–Crippen LogP) is 14.4. The summed E-state index contributed by atoms with van der Waals surface area (Å²) >= 11 is 0. The van der Waals surface area contributed by atoms with Gasteiger partial charge in [0.25, 0.3) is 0 Å². The summed E-state index contributed by atoms with van der Waals surface area (Å²) in [5, 5.41) is 0. The minimum Gasteiger partial charge on any atom is -0.345 e. The summed E-state index contributed by atoms with van der Waals surface area (Å²) in [6.07, 6.45) is 20.5. The first-order valence-corrected chi connectivity index (χ1v) is 16.7. The van der Waals surface area contributed by atoms with Crippen LogP contribution in [-0.4, -0.2) is 0 Å². The minimum absolute atomic E-state index is 0. The van der Waals surface area contributed by atoms with Crippen LogP contribution in [0.3, 0.4) is 0 Å². The number of rotatable bonds is 5. The molecule has 3 rings (SSSR count). The molecule has 0 spiro atoms. The van der Waals surface area contributed by atoms with E-state index >= 15 is 0 Å². The third kappa shape index (κ3) is 47.5. The van der Waals surface area contributed by atoms with Crippen molar-refractivity contribution in [3.8, 4) is 0 Å². The molecule has 3 radical (unpaired) electrons. The van der Waals surface area contributed by atoms with Gasteiger partial charge in [-0.1, -0.05) is 159 Å². The fraction of sp³-hybridized carbons (Fsp3) is 0.850. The molecular formula is C40H80Y3-6. The summed E-state index contributed by atoms with van der Waals surface area (Å²) in [6, 6.07) is 0. The van der Waals surface area contributed by atoms with Gasteiger partial charge in [0.05, 0.1) is 0 Å². The summed E-state index contributed by atoms with van der Waals surface area (Å²) in [6.45, 7) is 50.1. The van der Waals surface area contributed by atoms with E-state index in [1.54, 1.807) is 0 Å². The quantitative estimate of drug-likeness (QED) is 0.242. The van der Waals surface area contributed by atoms with Crippen LogP contribution in [0.2, 0.25) is 0 Å². The molecule has 0 aromatic heterocycles. The van der Waals surface area contributed by atoms with Crippen LogP contribution in [0.1, 0.15) is 186 Å². The third-order valence-electron chi connectivity index (χ3n) is 7.04. The SMILES string of the molecule is CC(C)(C)C.CC(C)(C)C.CC(C)(C)C.[CH2-]CC1(C[CH2-])CCCC1.[CH2-]CC1([CH2-])CCCC1.[CH2-]CCC1([CH2-])CCC1.[Y].[Y].[Y]. The zero-order chi connectivity index (χ0) is 32.3. The Morgan fingerprint density at radius 2 is 0.674 bits per heavy atom. The molecular weight excluding hydrogens is 747 g/mol. The minimum atomic E-state index is 0. The average Bonchev–Trinajstić information content (AvgIpc) is 3.40. The van der Waals surface area contributed by atoms with E-state index in [4.69, 9.17) is 0 Å². The molecule has 3 aliphatic rings. The summed E-state index contributed by atoms with van der Waals surface area (Å²) in [7, 11) is 0.